The molecule has 0 atom stereocenters. The SMILES string of the molecule is c1ccc(-c2ccc(-c3nc(-c4cccc(-c5ccccc5)c4)nc(-c4ccccc4-c4ccc(-c5ccccc5)cc4)n3)cc2)cc1. The second kappa shape index (κ2) is 13.1. The maximum absolute atomic E-state index is 5.13. The van der Waals surface area contributed by atoms with Gasteiger partial charge in [-0.3, -0.25) is 0 Å². The Morgan fingerprint density at radius 2 is 0.562 bits per heavy atom. The normalized spacial score (nSPS) is 10.9. The fourth-order valence-electron chi connectivity index (χ4n) is 6.07. The molecular formula is C45H31N3. The second-order valence-corrected chi connectivity index (χ2v) is 11.7. The summed E-state index contributed by atoms with van der Waals surface area (Å²) in [5.41, 5.74) is 12.0. The predicted octanol–water partition coefficient (Wildman–Crippen LogP) is 11.5. The van der Waals surface area contributed by atoms with Crippen molar-refractivity contribution in [2.75, 3.05) is 0 Å². The third-order valence-electron chi connectivity index (χ3n) is 8.58. The standard InChI is InChI=1S/C45H31N3/c1-4-13-32(14-5-1)35-23-27-37(28-24-35)41-21-10-11-22-42(41)45-47-43(38-29-25-36(26-30-38)33-15-6-2-7-16-33)46-44(48-45)40-20-12-19-39(31-40)34-17-8-3-9-18-34/h1-31H. The molecule has 0 amide bonds. The molecule has 0 aliphatic heterocycles. The molecule has 0 saturated carbocycles. The van der Waals surface area contributed by atoms with E-state index in [4.69, 9.17) is 15.0 Å². The molecule has 48 heavy (non-hydrogen) atoms. The van der Waals surface area contributed by atoms with E-state index >= 15 is 0 Å². The van der Waals surface area contributed by atoms with Gasteiger partial charge in [0.1, 0.15) is 0 Å². The van der Waals surface area contributed by atoms with Gasteiger partial charge in [-0.05, 0) is 50.6 Å². The molecule has 0 fully saturated rings. The Morgan fingerprint density at radius 1 is 0.208 bits per heavy atom. The van der Waals surface area contributed by atoms with Gasteiger partial charge in [0.15, 0.2) is 17.5 Å². The van der Waals surface area contributed by atoms with Crippen LogP contribution >= 0.6 is 0 Å². The average molecular weight is 614 g/mol. The fourth-order valence-corrected chi connectivity index (χ4v) is 6.07. The highest BCUT2D eigenvalue weighted by atomic mass is 15.0. The lowest BCUT2D eigenvalue weighted by molar-refractivity contribution is 1.07. The first-order chi connectivity index (χ1) is 23.8. The van der Waals surface area contributed by atoms with E-state index in [0.29, 0.717) is 17.5 Å². The van der Waals surface area contributed by atoms with E-state index in [-0.39, 0.29) is 0 Å². The Hall–Kier alpha value is -6.45. The average Bonchev–Trinajstić information content (AvgIpc) is 3.19. The number of benzene rings is 7. The van der Waals surface area contributed by atoms with Crippen molar-refractivity contribution in [2.24, 2.45) is 0 Å². The molecule has 0 N–H and O–H groups in total. The van der Waals surface area contributed by atoms with Crippen molar-refractivity contribution in [3.63, 3.8) is 0 Å². The highest BCUT2D eigenvalue weighted by Crippen LogP contribution is 2.34. The Bertz CT molecular complexity index is 2300. The number of rotatable bonds is 7. The molecule has 226 valence electrons. The summed E-state index contributed by atoms with van der Waals surface area (Å²) in [5, 5.41) is 0. The molecule has 0 aliphatic rings. The zero-order valence-electron chi connectivity index (χ0n) is 26.2. The van der Waals surface area contributed by atoms with E-state index < -0.39 is 0 Å². The summed E-state index contributed by atoms with van der Waals surface area (Å²) in [6, 6.07) is 65.2. The summed E-state index contributed by atoms with van der Waals surface area (Å²) in [4.78, 5) is 15.3. The Balaban J connectivity index is 1.25. The van der Waals surface area contributed by atoms with Crippen LogP contribution in [0.15, 0.2) is 188 Å². The lowest BCUT2D eigenvalue weighted by atomic mass is 9.96. The van der Waals surface area contributed by atoms with Gasteiger partial charge in [-0.15, -0.1) is 0 Å². The van der Waals surface area contributed by atoms with Crippen molar-refractivity contribution in [1.29, 1.82) is 0 Å². The Kier molecular flexibility index (Phi) is 7.92. The molecule has 0 spiro atoms. The van der Waals surface area contributed by atoms with Crippen LogP contribution in [0.4, 0.5) is 0 Å². The van der Waals surface area contributed by atoms with Gasteiger partial charge in [0.05, 0.1) is 0 Å². The fraction of sp³-hybridized carbons (Fsp3) is 0. The van der Waals surface area contributed by atoms with Gasteiger partial charge < -0.3 is 0 Å². The third-order valence-corrected chi connectivity index (χ3v) is 8.58. The zero-order chi connectivity index (χ0) is 32.1. The van der Waals surface area contributed by atoms with Crippen LogP contribution in [-0.4, -0.2) is 15.0 Å². The molecule has 8 aromatic rings. The largest absolute Gasteiger partial charge is 0.208 e. The van der Waals surface area contributed by atoms with Crippen molar-refractivity contribution in [3.05, 3.63) is 188 Å². The first kappa shape index (κ1) is 29.0. The quantitative estimate of drug-likeness (QED) is 0.179. The molecule has 8 rings (SSSR count). The number of aromatic nitrogens is 3. The van der Waals surface area contributed by atoms with E-state index in [1.807, 2.05) is 24.3 Å². The van der Waals surface area contributed by atoms with E-state index in [0.717, 1.165) is 44.5 Å². The first-order valence-corrected chi connectivity index (χ1v) is 16.1. The summed E-state index contributed by atoms with van der Waals surface area (Å²) in [7, 11) is 0. The van der Waals surface area contributed by atoms with Gasteiger partial charge in [-0.2, -0.15) is 0 Å². The van der Waals surface area contributed by atoms with Crippen LogP contribution in [0.3, 0.4) is 0 Å². The van der Waals surface area contributed by atoms with Crippen LogP contribution in [0.1, 0.15) is 0 Å². The first-order valence-electron chi connectivity index (χ1n) is 16.1. The summed E-state index contributed by atoms with van der Waals surface area (Å²) in [6.07, 6.45) is 0. The van der Waals surface area contributed by atoms with E-state index in [2.05, 4.69) is 164 Å². The van der Waals surface area contributed by atoms with Crippen LogP contribution in [0.25, 0.3) is 78.7 Å². The predicted molar refractivity (Wildman–Crippen MR) is 198 cm³/mol. The second-order valence-electron chi connectivity index (χ2n) is 11.7. The van der Waals surface area contributed by atoms with Crippen LogP contribution in [-0.2, 0) is 0 Å². The summed E-state index contributed by atoms with van der Waals surface area (Å²) in [6.45, 7) is 0. The number of hydrogen-bond donors (Lipinski definition) is 0. The van der Waals surface area contributed by atoms with Crippen LogP contribution in [0, 0.1) is 0 Å². The maximum atomic E-state index is 5.13. The van der Waals surface area contributed by atoms with Crippen LogP contribution in [0.5, 0.6) is 0 Å². The van der Waals surface area contributed by atoms with Crippen LogP contribution < -0.4 is 0 Å². The molecule has 0 unspecified atom stereocenters. The molecule has 1 aromatic heterocycles. The summed E-state index contributed by atoms with van der Waals surface area (Å²) >= 11 is 0. The summed E-state index contributed by atoms with van der Waals surface area (Å²) < 4.78 is 0. The van der Waals surface area contributed by atoms with E-state index in [9.17, 15) is 0 Å². The van der Waals surface area contributed by atoms with Gasteiger partial charge in [0.2, 0.25) is 0 Å². The van der Waals surface area contributed by atoms with Gasteiger partial charge in [-0.1, -0.05) is 182 Å². The maximum Gasteiger partial charge on any atom is 0.164 e. The zero-order valence-corrected chi connectivity index (χ0v) is 26.2. The minimum absolute atomic E-state index is 0.633. The van der Waals surface area contributed by atoms with Crippen molar-refractivity contribution >= 4 is 0 Å². The number of nitrogens with zero attached hydrogens (tertiary/aromatic N) is 3. The molecule has 7 aromatic carbocycles. The minimum Gasteiger partial charge on any atom is -0.208 e. The lowest BCUT2D eigenvalue weighted by Crippen LogP contribution is -2.01. The summed E-state index contributed by atoms with van der Waals surface area (Å²) in [5.74, 6) is 1.90. The third kappa shape index (κ3) is 6.05. The smallest absolute Gasteiger partial charge is 0.164 e. The molecule has 0 bridgehead atoms. The molecule has 1 heterocycles. The van der Waals surface area contributed by atoms with Crippen molar-refractivity contribution < 1.29 is 0 Å². The topological polar surface area (TPSA) is 38.7 Å². The van der Waals surface area contributed by atoms with Crippen molar-refractivity contribution in [1.82, 2.24) is 15.0 Å². The van der Waals surface area contributed by atoms with Crippen molar-refractivity contribution in [3.8, 4) is 78.7 Å². The Morgan fingerprint density at radius 3 is 1.12 bits per heavy atom. The molecule has 3 heteroatoms. The van der Waals surface area contributed by atoms with Gasteiger partial charge in [0.25, 0.3) is 0 Å². The lowest BCUT2D eigenvalue weighted by Gasteiger charge is -2.13. The monoisotopic (exact) mass is 613 g/mol. The van der Waals surface area contributed by atoms with E-state index in [1.54, 1.807) is 0 Å². The van der Waals surface area contributed by atoms with Gasteiger partial charge in [0, 0.05) is 16.7 Å². The van der Waals surface area contributed by atoms with Gasteiger partial charge >= 0.3 is 0 Å². The number of hydrogen-bond acceptors (Lipinski definition) is 3. The molecule has 0 aliphatic carbocycles. The molecular weight excluding hydrogens is 583 g/mol. The highest BCUT2D eigenvalue weighted by Gasteiger charge is 2.16. The van der Waals surface area contributed by atoms with Crippen LogP contribution in [0.2, 0.25) is 0 Å². The van der Waals surface area contributed by atoms with Gasteiger partial charge in [-0.25, -0.2) is 15.0 Å². The molecule has 0 radical (unpaired) electrons. The molecule has 0 saturated heterocycles. The minimum atomic E-state index is 0.633. The highest BCUT2D eigenvalue weighted by molar-refractivity contribution is 5.83. The van der Waals surface area contributed by atoms with E-state index in [1.165, 1.54) is 16.7 Å². The Labute approximate surface area is 280 Å². The molecule has 3 nitrogen and oxygen atoms in total. The van der Waals surface area contributed by atoms with Crippen molar-refractivity contribution in [2.45, 2.75) is 0 Å².